The summed E-state index contributed by atoms with van der Waals surface area (Å²) in [5, 5.41) is 9.59. The summed E-state index contributed by atoms with van der Waals surface area (Å²) in [7, 11) is -3.62. The molecule has 0 bridgehead atoms. The summed E-state index contributed by atoms with van der Waals surface area (Å²) in [4.78, 5) is 4.06. The molecule has 3 rings (SSSR count). The van der Waals surface area contributed by atoms with E-state index in [1.54, 1.807) is 30.3 Å². The Balaban J connectivity index is 2.11. The van der Waals surface area contributed by atoms with Crippen molar-refractivity contribution >= 4 is 32.7 Å². The first-order chi connectivity index (χ1) is 10.5. The molecule has 0 radical (unpaired) electrons. The topological polar surface area (TPSA) is 75.8 Å². The lowest BCUT2D eigenvalue weighted by Crippen LogP contribution is -2.14. The van der Waals surface area contributed by atoms with Gasteiger partial charge < -0.3 is 0 Å². The lowest BCUT2D eigenvalue weighted by molar-refractivity contribution is 0.588. The normalized spacial score (nSPS) is 11.5. The van der Waals surface area contributed by atoms with Crippen molar-refractivity contribution in [3.05, 3.63) is 64.9 Å². The van der Waals surface area contributed by atoms with E-state index in [0.29, 0.717) is 10.9 Å². The summed E-state index contributed by atoms with van der Waals surface area (Å²) in [6.45, 7) is 0. The van der Waals surface area contributed by atoms with Crippen molar-refractivity contribution in [2.45, 2.75) is 5.75 Å². The van der Waals surface area contributed by atoms with Gasteiger partial charge >= 0.3 is 0 Å². The van der Waals surface area contributed by atoms with E-state index in [1.165, 1.54) is 12.4 Å². The van der Waals surface area contributed by atoms with Gasteiger partial charge in [-0.05, 0) is 11.6 Å². The van der Waals surface area contributed by atoms with Crippen LogP contribution in [0, 0.1) is 11.3 Å². The maximum Gasteiger partial charge on any atom is 0.244 e. The first kappa shape index (κ1) is 14.6. The Kier molecular flexibility index (Phi) is 3.61. The van der Waals surface area contributed by atoms with Crippen molar-refractivity contribution in [1.82, 2.24) is 8.96 Å². The van der Waals surface area contributed by atoms with Gasteiger partial charge in [-0.3, -0.25) is 0 Å². The van der Waals surface area contributed by atoms with E-state index in [0.717, 1.165) is 3.97 Å². The number of pyridine rings is 1. The van der Waals surface area contributed by atoms with E-state index in [2.05, 4.69) is 4.98 Å². The molecule has 0 saturated carbocycles. The fraction of sp³-hybridized carbons (Fsp3) is 0.0667. The predicted octanol–water partition coefficient (Wildman–Crippen LogP) is 2.94. The fourth-order valence-corrected chi connectivity index (χ4v) is 3.83. The van der Waals surface area contributed by atoms with Crippen LogP contribution in [0.2, 0.25) is 5.02 Å². The maximum absolute atomic E-state index is 12.6. The predicted molar refractivity (Wildman–Crippen MR) is 83.9 cm³/mol. The van der Waals surface area contributed by atoms with Gasteiger partial charge in [-0.15, -0.1) is 0 Å². The number of halogens is 1. The van der Waals surface area contributed by atoms with Crippen molar-refractivity contribution in [3.63, 3.8) is 0 Å². The molecule has 0 saturated heterocycles. The van der Waals surface area contributed by atoms with E-state index in [9.17, 15) is 8.42 Å². The Morgan fingerprint density at radius 1 is 1.23 bits per heavy atom. The summed E-state index contributed by atoms with van der Waals surface area (Å²) in [5.74, 6) is -0.142. The van der Waals surface area contributed by atoms with Crippen LogP contribution in [0.15, 0.2) is 48.8 Å². The molecule has 1 aromatic carbocycles. The molecule has 0 spiro atoms. The molecule has 7 heteroatoms. The van der Waals surface area contributed by atoms with Gasteiger partial charge in [0.1, 0.15) is 6.07 Å². The highest BCUT2D eigenvalue weighted by molar-refractivity contribution is 7.89. The molecular formula is C15H10ClN3O2S. The summed E-state index contributed by atoms with van der Waals surface area (Å²) in [6, 6.07) is 12.4. The van der Waals surface area contributed by atoms with Gasteiger partial charge in [0.25, 0.3) is 0 Å². The van der Waals surface area contributed by atoms with Crippen LogP contribution in [0.25, 0.3) is 11.0 Å². The molecule has 0 aliphatic rings. The Morgan fingerprint density at radius 3 is 2.64 bits per heavy atom. The SMILES string of the molecule is N#Cc1cnc2c(ccn2S(=O)(=O)Cc2ccccc2)c1Cl. The van der Waals surface area contributed by atoms with Gasteiger partial charge in [0.15, 0.2) is 5.65 Å². The molecule has 0 aliphatic carbocycles. The van der Waals surface area contributed by atoms with Gasteiger partial charge in [-0.25, -0.2) is 17.4 Å². The number of rotatable bonds is 3. The van der Waals surface area contributed by atoms with Crippen LogP contribution in [-0.2, 0) is 15.8 Å². The molecule has 110 valence electrons. The largest absolute Gasteiger partial charge is 0.244 e. The highest BCUT2D eigenvalue weighted by Crippen LogP contribution is 2.27. The molecule has 3 aromatic rings. The minimum Gasteiger partial charge on any atom is -0.236 e. The zero-order chi connectivity index (χ0) is 15.7. The third-order valence-electron chi connectivity index (χ3n) is 3.23. The van der Waals surface area contributed by atoms with Crippen molar-refractivity contribution in [3.8, 4) is 6.07 Å². The van der Waals surface area contributed by atoms with Crippen LogP contribution < -0.4 is 0 Å². The molecule has 2 aromatic heterocycles. The van der Waals surface area contributed by atoms with Crippen molar-refractivity contribution in [2.75, 3.05) is 0 Å². The van der Waals surface area contributed by atoms with Crippen LogP contribution in [0.4, 0.5) is 0 Å². The van der Waals surface area contributed by atoms with Gasteiger partial charge in [0.2, 0.25) is 10.0 Å². The Hall–Kier alpha value is -2.36. The highest BCUT2D eigenvalue weighted by atomic mass is 35.5. The number of nitriles is 1. The molecule has 0 amide bonds. The molecule has 0 fully saturated rings. The van der Waals surface area contributed by atoms with E-state index in [1.807, 2.05) is 12.1 Å². The smallest absolute Gasteiger partial charge is 0.236 e. The molecule has 0 aliphatic heterocycles. The standard InChI is InChI=1S/C15H10ClN3O2S/c16-14-12(8-17)9-18-15-13(14)6-7-19(15)22(20,21)10-11-4-2-1-3-5-11/h1-7,9H,10H2. The summed E-state index contributed by atoms with van der Waals surface area (Å²) in [5.41, 5.74) is 1.12. The van der Waals surface area contributed by atoms with Crippen LogP contribution in [0.5, 0.6) is 0 Å². The van der Waals surface area contributed by atoms with Crippen molar-refractivity contribution < 1.29 is 8.42 Å². The minimum absolute atomic E-state index is 0.142. The van der Waals surface area contributed by atoms with Crippen LogP contribution in [0.1, 0.15) is 11.1 Å². The summed E-state index contributed by atoms with van der Waals surface area (Å²) >= 11 is 6.09. The van der Waals surface area contributed by atoms with Gasteiger partial charge in [0.05, 0.1) is 16.3 Å². The van der Waals surface area contributed by atoms with Gasteiger partial charge in [-0.1, -0.05) is 41.9 Å². The number of aromatic nitrogens is 2. The number of hydrogen-bond donors (Lipinski definition) is 0. The molecule has 5 nitrogen and oxygen atoms in total. The first-order valence-corrected chi connectivity index (χ1v) is 8.34. The second-order valence-corrected chi connectivity index (χ2v) is 6.91. The van der Waals surface area contributed by atoms with E-state index < -0.39 is 10.0 Å². The number of nitrogens with zero attached hydrogens (tertiary/aromatic N) is 3. The summed E-state index contributed by atoms with van der Waals surface area (Å²) < 4.78 is 26.2. The molecule has 2 heterocycles. The average molecular weight is 332 g/mol. The van der Waals surface area contributed by atoms with Gasteiger partial charge in [-0.2, -0.15) is 5.26 Å². The first-order valence-electron chi connectivity index (χ1n) is 6.36. The monoisotopic (exact) mass is 331 g/mol. The lowest BCUT2D eigenvalue weighted by Gasteiger charge is -2.07. The quantitative estimate of drug-likeness (QED) is 0.739. The highest BCUT2D eigenvalue weighted by Gasteiger charge is 2.19. The molecular weight excluding hydrogens is 322 g/mol. The number of fused-ring (bicyclic) bond motifs is 1. The van der Waals surface area contributed by atoms with Crippen LogP contribution >= 0.6 is 11.6 Å². The molecule has 22 heavy (non-hydrogen) atoms. The van der Waals surface area contributed by atoms with E-state index in [-0.39, 0.29) is 22.0 Å². The van der Waals surface area contributed by atoms with Crippen molar-refractivity contribution in [2.24, 2.45) is 0 Å². The number of benzene rings is 1. The van der Waals surface area contributed by atoms with Gasteiger partial charge in [0, 0.05) is 17.8 Å². The molecule has 0 unspecified atom stereocenters. The van der Waals surface area contributed by atoms with Crippen molar-refractivity contribution in [1.29, 1.82) is 5.26 Å². The Labute approximate surface area is 132 Å². The lowest BCUT2D eigenvalue weighted by atomic mass is 10.2. The second kappa shape index (κ2) is 5.44. The third-order valence-corrected chi connectivity index (χ3v) is 5.23. The van der Waals surface area contributed by atoms with Crippen LogP contribution in [0.3, 0.4) is 0 Å². The summed E-state index contributed by atoms with van der Waals surface area (Å²) in [6.07, 6.45) is 2.68. The average Bonchev–Trinajstić information content (AvgIpc) is 2.94. The Morgan fingerprint density at radius 2 is 1.95 bits per heavy atom. The second-order valence-electron chi connectivity index (χ2n) is 4.69. The number of hydrogen-bond acceptors (Lipinski definition) is 4. The zero-order valence-corrected chi connectivity index (χ0v) is 12.8. The molecule has 0 N–H and O–H groups in total. The fourth-order valence-electron chi connectivity index (χ4n) is 2.19. The zero-order valence-electron chi connectivity index (χ0n) is 11.3. The Bertz CT molecular complexity index is 989. The maximum atomic E-state index is 12.6. The molecule has 0 atom stereocenters. The van der Waals surface area contributed by atoms with Crippen LogP contribution in [-0.4, -0.2) is 17.4 Å². The van der Waals surface area contributed by atoms with E-state index in [4.69, 9.17) is 16.9 Å². The minimum atomic E-state index is -3.62. The third kappa shape index (κ3) is 2.45. The van der Waals surface area contributed by atoms with E-state index >= 15 is 0 Å².